The summed E-state index contributed by atoms with van der Waals surface area (Å²) >= 11 is 0. The van der Waals surface area contributed by atoms with E-state index in [9.17, 15) is 15.0 Å². The Balaban J connectivity index is 1.64. The van der Waals surface area contributed by atoms with E-state index in [1.54, 1.807) is 0 Å². The van der Waals surface area contributed by atoms with Gasteiger partial charge in [0.1, 0.15) is 0 Å². The molecule has 184 valence electrons. The van der Waals surface area contributed by atoms with Crippen molar-refractivity contribution in [3.63, 3.8) is 0 Å². The van der Waals surface area contributed by atoms with Crippen LogP contribution in [0.2, 0.25) is 0 Å². The molecule has 0 aromatic carbocycles. The topological polar surface area (TPSA) is 57.5 Å². The molecule has 0 radical (unpaired) electrons. The highest BCUT2D eigenvalue weighted by Crippen LogP contribution is 2.75. The molecule has 0 saturated heterocycles. The van der Waals surface area contributed by atoms with Crippen molar-refractivity contribution in [3.8, 4) is 0 Å². The Morgan fingerprint density at radius 3 is 2.24 bits per heavy atom. The minimum atomic E-state index is -0.463. The van der Waals surface area contributed by atoms with Crippen molar-refractivity contribution in [2.45, 2.75) is 99.7 Å². The highest BCUT2D eigenvalue weighted by atomic mass is 16.3. The second kappa shape index (κ2) is 6.84. The van der Waals surface area contributed by atoms with E-state index in [0.29, 0.717) is 18.3 Å². The molecule has 5 aliphatic rings. The molecule has 5 rings (SSSR count). The minimum Gasteiger partial charge on any atom is -0.393 e. The van der Waals surface area contributed by atoms with Gasteiger partial charge in [-0.1, -0.05) is 73.1 Å². The van der Waals surface area contributed by atoms with E-state index in [1.165, 1.54) is 5.57 Å². The summed E-state index contributed by atoms with van der Waals surface area (Å²) in [6.45, 7) is 18.4. The molecular weight excluding hydrogens is 408 g/mol. The number of allylic oxidation sites excluding steroid dienone is 3. The normalized spacial score (nSPS) is 54.9. The standard InChI is InChI=1S/C30H46O3/c1-17(2)19-15-21(32)25-28(19,6)13-14-29(7)24-18(9-12-30(25,29)8)27(5)11-10-23(33)26(3,4)22(27)16-20(24)31/h9-11,17,19-22,24-25,31-32H,12-16H2,1-8H3/t19-,20-,21+,22-,24-,25-,27+,28-,29-,30+/m0/s1. The summed E-state index contributed by atoms with van der Waals surface area (Å²) in [5.74, 6) is 1.77. The molecule has 0 aromatic heterocycles. The molecule has 3 saturated carbocycles. The second-order valence-corrected chi connectivity index (χ2v) is 14.4. The Kier molecular flexibility index (Phi) is 4.93. The van der Waals surface area contributed by atoms with Gasteiger partial charge in [-0.25, -0.2) is 0 Å². The molecule has 3 heteroatoms. The number of aliphatic hydroxyl groups is 2. The molecule has 0 heterocycles. The molecule has 3 nitrogen and oxygen atoms in total. The van der Waals surface area contributed by atoms with Crippen LogP contribution < -0.4 is 0 Å². The summed E-state index contributed by atoms with van der Waals surface area (Å²) in [7, 11) is 0. The molecule has 5 aliphatic carbocycles. The maximum atomic E-state index is 12.8. The summed E-state index contributed by atoms with van der Waals surface area (Å²) in [4.78, 5) is 12.8. The van der Waals surface area contributed by atoms with Crippen LogP contribution in [-0.2, 0) is 4.79 Å². The SMILES string of the molecule is CC(C)[C@@H]1C[C@@H](O)[C@H]2[C@@]1(C)CC[C@@]1(C)[C@H]3C(=CC[C@]21C)[C@@]1(C)C=CC(=O)C(C)(C)[C@@H]1C[C@@H]3O. The fourth-order valence-electron chi connectivity index (χ4n) is 10.6. The van der Waals surface area contributed by atoms with Gasteiger partial charge in [-0.15, -0.1) is 0 Å². The Bertz CT molecular complexity index is 929. The Morgan fingerprint density at radius 1 is 0.939 bits per heavy atom. The number of carbonyl (C=O) groups excluding carboxylic acids is 1. The predicted octanol–water partition coefficient (Wildman–Crippen LogP) is 5.95. The first-order chi connectivity index (χ1) is 15.1. The van der Waals surface area contributed by atoms with E-state index in [1.807, 2.05) is 6.08 Å². The molecular formula is C30H46O3. The van der Waals surface area contributed by atoms with Gasteiger partial charge >= 0.3 is 0 Å². The monoisotopic (exact) mass is 454 g/mol. The van der Waals surface area contributed by atoms with E-state index >= 15 is 0 Å². The lowest BCUT2D eigenvalue weighted by atomic mass is 9.35. The molecule has 0 aromatic rings. The van der Waals surface area contributed by atoms with Gasteiger partial charge in [-0.3, -0.25) is 4.79 Å². The van der Waals surface area contributed by atoms with Crippen molar-refractivity contribution in [2.24, 2.45) is 56.7 Å². The lowest BCUT2D eigenvalue weighted by molar-refractivity contribution is -0.191. The highest BCUT2D eigenvalue weighted by Gasteiger charge is 2.71. The zero-order valence-electron chi connectivity index (χ0n) is 22.1. The van der Waals surface area contributed by atoms with Crippen LogP contribution in [0.25, 0.3) is 0 Å². The van der Waals surface area contributed by atoms with Gasteiger partial charge in [-0.2, -0.15) is 0 Å². The second-order valence-electron chi connectivity index (χ2n) is 14.4. The van der Waals surface area contributed by atoms with E-state index in [4.69, 9.17) is 0 Å². The number of fused-ring (bicyclic) bond motifs is 7. The van der Waals surface area contributed by atoms with Crippen LogP contribution in [-0.4, -0.2) is 28.2 Å². The quantitative estimate of drug-likeness (QED) is 0.481. The van der Waals surface area contributed by atoms with Crippen molar-refractivity contribution < 1.29 is 15.0 Å². The van der Waals surface area contributed by atoms with Gasteiger partial charge in [-0.05, 0) is 78.1 Å². The van der Waals surface area contributed by atoms with E-state index < -0.39 is 11.5 Å². The average molecular weight is 455 g/mol. The number of aliphatic hydroxyl groups excluding tert-OH is 2. The maximum absolute atomic E-state index is 12.8. The maximum Gasteiger partial charge on any atom is 0.161 e. The molecule has 0 spiro atoms. The molecule has 0 bridgehead atoms. The van der Waals surface area contributed by atoms with Crippen LogP contribution in [0.5, 0.6) is 0 Å². The lowest BCUT2D eigenvalue weighted by Crippen LogP contribution is -2.65. The van der Waals surface area contributed by atoms with Gasteiger partial charge in [0.05, 0.1) is 12.2 Å². The number of hydrogen-bond donors (Lipinski definition) is 2. The van der Waals surface area contributed by atoms with Gasteiger partial charge in [0.2, 0.25) is 0 Å². The molecule has 0 amide bonds. The van der Waals surface area contributed by atoms with Gasteiger partial charge in [0.15, 0.2) is 5.78 Å². The fourth-order valence-corrected chi connectivity index (χ4v) is 10.6. The first-order valence-corrected chi connectivity index (χ1v) is 13.4. The smallest absolute Gasteiger partial charge is 0.161 e. The fraction of sp³-hybridized carbons (Fsp3) is 0.833. The Labute approximate surface area is 201 Å². The summed E-state index contributed by atoms with van der Waals surface area (Å²) in [5, 5.41) is 23.3. The molecule has 0 aliphatic heterocycles. The zero-order valence-corrected chi connectivity index (χ0v) is 22.1. The predicted molar refractivity (Wildman–Crippen MR) is 132 cm³/mol. The molecule has 3 fully saturated rings. The number of rotatable bonds is 1. The first-order valence-electron chi connectivity index (χ1n) is 13.4. The van der Waals surface area contributed by atoms with E-state index in [2.05, 4.69) is 67.5 Å². The zero-order chi connectivity index (χ0) is 24.4. The van der Waals surface area contributed by atoms with Crippen molar-refractivity contribution in [2.75, 3.05) is 0 Å². The van der Waals surface area contributed by atoms with E-state index in [-0.39, 0.29) is 51.3 Å². The largest absolute Gasteiger partial charge is 0.393 e. The summed E-state index contributed by atoms with van der Waals surface area (Å²) < 4.78 is 0. The summed E-state index contributed by atoms with van der Waals surface area (Å²) in [6, 6.07) is 0. The van der Waals surface area contributed by atoms with Crippen LogP contribution in [0, 0.1) is 56.7 Å². The van der Waals surface area contributed by atoms with Gasteiger partial charge in [0.25, 0.3) is 0 Å². The van der Waals surface area contributed by atoms with Crippen LogP contribution in [0.15, 0.2) is 23.8 Å². The van der Waals surface area contributed by atoms with Gasteiger partial charge < -0.3 is 10.2 Å². The first kappa shape index (κ1) is 23.8. The minimum absolute atomic E-state index is 0.0505. The van der Waals surface area contributed by atoms with E-state index in [0.717, 1.165) is 25.7 Å². The Morgan fingerprint density at radius 2 is 1.61 bits per heavy atom. The van der Waals surface area contributed by atoms with Crippen LogP contribution >= 0.6 is 0 Å². The van der Waals surface area contributed by atoms with Crippen LogP contribution in [0.3, 0.4) is 0 Å². The third-order valence-electron chi connectivity index (χ3n) is 12.5. The summed E-state index contributed by atoms with van der Waals surface area (Å²) in [5.41, 5.74) is 0.737. The summed E-state index contributed by atoms with van der Waals surface area (Å²) in [6.07, 6.45) is 10.5. The molecule has 33 heavy (non-hydrogen) atoms. The van der Waals surface area contributed by atoms with Crippen molar-refractivity contribution >= 4 is 5.78 Å². The lowest BCUT2D eigenvalue weighted by Gasteiger charge is -2.69. The average Bonchev–Trinajstić information content (AvgIpc) is 3.00. The van der Waals surface area contributed by atoms with Crippen LogP contribution in [0.1, 0.15) is 87.5 Å². The number of carbonyl (C=O) groups is 1. The third-order valence-corrected chi connectivity index (χ3v) is 12.5. The van der Waals surface area contributed by atoms with Crippen LogP contribution in [0.4, 0.5) is 0 Å². The Hall–Kier alpha value is -0.930. The van der Waals surface area contributed by atoms with Gasteiger partial charge in [0, 0.05) is 16.7 Å². The molecule has 2 N–H and O–H groups in total. The highest BCUT2D eigenvalue weighted by molar-refractivity contribution is 5.96. The number of hydrogen-bond acceptors (Lipinski definition) is 3. The van der Waals surface area contributed by atoms with Crippen molar-refractivity contribution in [1.82, 2.24) is 0 Å². The molecule has 0 unspecified atom stereocenters. The number of ketones is 1. The van der Waals surface area contributed by atoms with Crippen molar-refractivity contribution in [1.29, 1.82) is 0 Å². The third kappa shape index (κ3) is 2.68. The van der Waals surface area contributed by atoms with Crippen molar-refractivity contribution in [3.05, 3.63) is 23.8 Å². The molecule has 10 atom stereocenters.